The third kappa shape index (κ3) is 4.30. The van der Waals surface area contributed by atoms with Gasteiger partial charge in [0.2, 0.25) is 6.10 Å². The van der Waals surface area contributed by atoms with E-state index < -0.39 is 12.1 Å². The normalized spacial score (nSPS) is 29.1. The second kappa shape index (κ2) is 7.04. The van der Waals surface area contributed by atoms with Gasteiger partial charge in [-0.05, 0) is 37.5 Å². The second-order valence-corrected chi connectivity index (χ2v) is 6.03. The SMILES string of the molecule is COC(C(C)=O)C(=O)O[C@@H]1C[C@H](C)CC[C@H]1C(C)C. The summed E-state index contributed by atoms with van der Waals surface area (Å²) in [7, 11) is 1.36. The lowest BCUT2D eigenvalue weighted by Gasteiger charge is -2.37. The highest BCUT2D eigenvalue weighted by Crippen LogP contribution is 2.35. The highest BCUT2D eigenvalue weighted by molar-refractivity contribution is 6.00. The molecule has 0 aromatic carbocycles. The summed E-state index contributed by atoms with van der Waals surface area (Å²) in [5.74, 6) is 0.566. The number of hydrogen-bond donors (Lipinski definition) is 0. The summed E-state index contributed by atoms with van der Waals surface area (Å²) in [6, 6.07) is 0. The van der Waals surface area contributed by atoms with Gasteiger partial charge in [0.15, 0.2) is 5.78 Å². The van der Waals surface area contributed by atoms with Gasteiger partial charge in [0.05, 0.1) is 0 Å². The first-order chi connectivity index (χ1) is 8.86. The maximum Gasteiger partial charge on any atom is 0.343 e. The van der Waals surface area contributed by atoms with Crippen molar-refractivity contribution in [3.63, 3.8) is 0 Å². The molecule has 19 heavy (non-hydrogen) atoms. The van der Waals surface area contributed by atoms with Crippen molar-refractivity contribution in [2.45, 2.75) is 59.2 Å². The Hall–Kier alpha value is -0.900. The topological polar surface area (TPSA) is 52.6 Å². The number of methoxy groups -OCH3 is 1. The van der Waals surface area contributed by atoms with Crippen molar-refractivity contribution in [2.75, 3.05) is 7.11 Å². The molecule has 1 fully saturated rings. The predicted molar refractivity (Wildman–Crippen MR) is 72.7 cm³/mol. The van der Waals surface area contributed by atoms with Crippen LogP contribution in [0.3, 0.4) is 0 Å². The van der Waals surface area contributed by atoms with Crippen LogP contribution >= 0.6 is 0 Å². The van der Waals surface area contributed by atoms with E-state index in [9.17, 15) is 9.59 Å². The molecule has 4 heteroatoms. The summed E-state index contributed by atoms with van der Waals surface area (Å²) in [5.41, 5.74) is 0. The minimum atomic E-state index is -1.08. The van der Waals surface area contributed by atoms with Crippen LogP contribution in [0, 0.1) is 17.8 Å². The van der Waals surface area contributed by atoms with Crippen molar-refractivity contribution in [2.24, 2.45) is 17.8 Å². The van der Waals surface area contributed by atoms with Crippen LogP contribution in [0.1, 0.15) is 47.0 Å². The second-order valence-electron chi connectivity index (χ2n) is 6.03. The van der Waals surface area contributed by atoms with Gasteiger partial charge in [-0.3, -0.25) is 4.79 Å². The number of rotatable bonds is 5. The standard InChI is InChI=1S/C15H26O4/c1-9(2)12-7-6-10(3)8-13(12)19-15(17)14(18-5)11(4)16/h9-10,12-14H,6-8H2,1-5H3/t10-,12+,13-,14?/m1/s1. The van der Waals surface area contributed by atoms with Crippen LogP contribution in [0.2, 0.25) is 0 Å². The van der Waals surface area contributed by atoms with Crippen molar-refractivity contribution in [3.8, 4) is 0 Å². The van der Waals surface area contributed by atoms with Gasteiger partial charge < -0.3 is 9.47 Å². The third-order valence-corrected chi connectivity index (χ3v) is 4.05. The molecule has 0 amide bonds. The van der Waals surface area contributed by atoms with Crippen LogP contribution in [0.4, 0.5) is 0 Å². The van der Waals surface area contributed by atoms with E-state index in [4.69, 9.17) is 9.47 Å². The molecule has 0 spiro atoms. The summed E-state index contributed by atoms with van der Waals surface area (Å²) in [5, 5.41) is 0. The number of ketones is 1. The minimum Gasteiger partial charge on any atom is -0.460 e. The van der Waals surface area contributed by atoms with Gasteiger partial charge in [-0.1, -0.05) is 27.2 Å². The molecule has 4 atom stereocenters. The van der Waals surface area contributed by atoms with Crippen molar-refractivity contribution in [3.05, 3.63) is 0 Å². The Labute approximate surface area is 115 Å². The maximum atomic E-state index is 12.0. The molecule has 1 rings (SSSR count). The molecule has 110 valence electrons. The molecular weight excluding hydrogens is 244 g/mol. The van der Waals surface area contributed by atoms with Crippen molar-refractivity contribution < 1.29 is 19.1 Å². The summed E-state index contributed by atoms with van der Waals surface area (Å²) in [6.07, 6.45) is 1.97. The molecule has 0 heterocycles. The van der Waals surface area contributed by atoms with E-state index in [0.29, 0.717) is 17.8 Å². The van der Waals surface area contributed by atoms with E-state index in [1.54, 1.807) is 0 Å². The number of esters is 1. The van der Waals surface area contributed by atoms with E-state index in [2.05, 4.69) is 20.8 Å². The van der Waals surface area contributed by atoms with Crippen molar-refractivity contribution in [1.29, 1.82) is 0 Å². The number of carbonyl (C=O) groups excluding carboxylic acids is 2. The fourth-order valence-electron chi connectivity index (χ4n) is 2.89. The molecule has 1 aliphatic carbocycles. The molecule has 0 aromatic heterocycles. The Morgan fingerprint density at radius 2 is 1.84 bits per heavy atom. The zero-order chi connectivity index (χ0) is 14.6. The third-order valence-electron chi connectivity index (χ3n) is 4.05. The highest BCUT2D eigenvalue weighted by atomic mass is 16.6. The predicted octanol–water partition coefficient (Wildman–Crippen LogP) is 2.59. The zero-order valence-corrected chi connectivity index (χ0v) is 12.6. The minimum absolute atomic E-state index is 0.0896. The molecule has 0 bridgehead atoms. The van der Waals surface area contributed by atoms with Crippen LogP contribution < -0.4 is 0 Å². The Morgan fingerprint density at radius 3 is 2.32 bits per heavy atom. The quantitative estimate of drug-likeness (QED) is 0.569. The van der Waals surface area contributed by atoms with Crippen LogP contribution in [0.15, 0.2) is 0 Å². The fourth-order valence-corrected chi connectivity index (χ4v) is 2.89. The summed E-state index contributed by atoms with van der Waals surface area (Å²) in [4.78, 5) is 23.3. The Kier molecular flexibility index (Phi) is 5.98. The molecule has 1 aliphatic rings. The molecule has 0 saturated heterocycles. The van der Waals surface area contributed by atoms with Gasteiger partial charge in [-0.25, -0.2) is 4.79 Å². The van der Waals surface area contributed by atoms with Gasteiger partial charge in [0.25, 0.3) is 0 Å². The summed E-state index contributed by atoms with van der Waals surface area (Å²) in [6.45, 7) is 7.83. The van der Waals surface area contributed by atoms with Crippen molar-refractivity contribution in [1.82, 2.24) is 0 Å². The van der Waals surface area contributed by atoms with E-state index in [-0.39, 0.29) is 11.9 Å². The Morgan fingerprint density at radius 1 is 1.21 bits per heavy atom. The first-order valence-electron chi connectivity index (χ1n) is 7.10. The average Bonchev–Trinajstić information content (AvgIpc) is 2.28. The van der Waals surface area contributed by atoms with Crippen LogP contribution in [-0.4, -0.2) is 31.1 Å². The lowest BCUT2D eigenvalue weighted by atomic mass is 9.75. The van der Waals surface area contributed by atoms with Crippen LogP contribution in [-0.2, 0) is 19.1 Å². The number of ether oxygens (including phenoxy) is 2. The van der Waals surface area contributed by atoms with E-state index >= 15 is 0 Å². The molecule has 0 aromatic rings. The van der Waals surface area contributed by atoms with Gasteiger partial charge >= 0.3 is 5.97 Å². The number of carbonyl (C=O) groups is 2. The summed E-state index contributed by atoms with van der Waals surface area (Å²) < 4.78 is 10.5. The lowest BCUT2D eigenvalue weighted by Crippen LogP contribution is -2.40. The van der Waals surface area contributed by atoms with Crippen molar-refractivity contribution >= 4 is 11.8 Å². The van der Waals surface area contributed by atoms with E-state index in [1.165, 1.54) is 20.5 Å². The highest BCUT2D eigenvalue weighted by Gasteiger charge is 2.35. The average molecular weight is 270 g/mol. The number of Topliss-reactive ketones (excluding diaryl/α,β-unsaturated/α-hetero) is 1. The van der Waals surface area contributed by atoms with E-state index in [1.807, 2.05) is 0 Å². The Balaban J connectivity index is 2.70. The zero-order valence-electron chi connectivity index (χ0n) is 12.6. The van der Waals surface area contributed by atoms with Crippen LogP contribution in [0.25, 0.3) is 0 Å². The largest absolute Gasteiger partial charge is 0.460 e. The molecule has 1 unspecified atom stereocenters. The van der Waals surface area contributed by atoms with E-state index in [0.717, 1.165) is 12.8 Å². The maximum absolute atomic E-state index is 12.0. The Bertz CT molecular complexity index is 324. The monoisotopic (exact) mass is 270 g/mol. The smallest absolute Gasteiger partial charge is 0.343 e. The molecule has 4 nitrogen and oxygen atoms in total. The fraction of sp³-hybridized carbons (Fsp3) is 0.867. The molecule has 0 N–H and O–H groups in total. The molecule has 0 aliphatic heterocycles. The van der Waals surface area contributed by atoms with Crippen LogP contribution in [0.5, 0.6) is 0 Å². The van der Waals surface area contributed by atoms with Gasteiger partial charge in [0, 0.05) is 7.11 Å². The number of hydrogen-bond acceptors (Lipinski definition) is 4. The molecule has 0 radical (unpaired) electrons. The lowest BCUT2D eigenvalue weighted by molar-refractivity contribution is -0.169. The molecule has 1 saturated carbocycles. The first-order valence-corrected chi connectivity index (χ1v) is 7.10. The van der Waals surface area contributed by atoms with Gasteiger partial charge in [0.1, 0.15) is 6.10 Å². The molecular formula is C15H26O4. The summed E-state index contributed by atoms with van der Waals surface area (Å²) >= 11 is 0. The van der Waals surface area contributed by atoms with Gasteiger partial charge in [-0.2, -0.15) is 0 Å². The van der Waals surface area contributed by atoms with Gasteiger partial charge in [-0.15, -0.1) is 0 Å². The first kappa shape index (κ1) is 16.2.